The number of carbonyl (C=O) groups is 2. The zero-order valence-corrected chi connectivity index (χ0v) is 22.3. The van der Waals surface area contributed by atoms with Gasteiger partial charge in [0, 0.05) is 24.7 Å². The van der Waals surface area contributed by atoms with Gasteiger partial charge in [0.2, 0.25) is 21.8 Å². The molecule has 2 aromatic rings. The maximum atomic E-state index is 13.7. The van der Waals surface area contributed by atoms with Gasteiger partial charge in [-0.1, -0.05) is 37.3 Å². The van der Waals surface area contributed by atoms with Crippen LogP contribution in [0.4, 0.5) is 11.4 Å². The molecule has 0 unspecified atom stereocenters. The summed E-state index contributed by atoms with van der Waals surface area (Å²) >= 11 is 0. The standard InChI is InChI=1S/C25H34N4O6S/c1-7-22(25(31)26-17(2)3)27(15-20-11-9-8-10-18(20)4)24(30)16-28(36(6,34)35)23-14-21(29(32)33)13-12-19(23)5/h8-14,17,22H,7,15-16H2,1-6H3,(H,26,31)/t22-/m0/s1. The zero-order chi connectivity index (χ0) is 27.2. The van der Waals surface area contributed by atoms with Gasteiger partial charge in [-0.25, -0.2) is 8.42 Å². The molecule has 36 heavy (non-hydrogen) atoms. The molecule has 0 fully saturated rings. The minimum Gasteiger partial charge on any atom is -0.352 e. The number of nitrogens with one attached hydrogen (secondary N) is 1. The summed E-state index contributed by atoms with van der Waals surface area (Å²) in [5.74, 6) is -0.938. The van der Waals surface area contributed by atoms with E-state index in [2.05, 4.69) is 5.32 Å². The largest absolute Gasteiger partial charge is 0.352 e. The van der Waals surface area contributed by atoms with Crippen molar-refractivity contribution >= 4 is 33.2 Å². The third-order valence-electron chi connectivity index (χ3n) is 5.77. The smallest absolute Gasteiger partial charge is 0.271 e. The zero-order valence-electron chi connectivity index (χ0n) is 21.5. The van der Waals surface area contributed by atoms with E-state index in [0.717, 1.165) is 27.8 Å². The summed E-state index contributed by atoms with van der Waals surface area (Å²) in [7, 11) is -4.00. The van der Waals surface area contributed by atoms with Crippen LogP contribution in [0.25, 0.3) is 0 Å². The molecule has 1 N–H and O–H groups in total. The summed E-state index contributed by atoms with van der Waals surface area (Å²) in [5, 5.41) is 14.1. The van der Waals surface area contributed by atoms with Gasteiger partial charge in [-0.3, -0.25) is 24.0 Å². The highest BCUT2D eigenvalue weighted by Crippen LogP contribution is 2.28. The van der Waals surface area contributed by atoms with Crippen molar-refractivity contribution in [1.29, 1.82) is 0 Å². The fourth-order valence-corrected chi connectivity index (χ4v) is 4.74. The van der Waals surface area contributed by atoms with Crippen molar-refractivity contribution in [2.45, 2.75) is 59.7 Å². The van der Waals surface area contributed by atoms with Crippen molar-refractivity contribution < 1.29 is 22.9 Å². The Morgan fingerprint density at radius 1 is 1.08 bits per heavy atom. The third kappa shape index (κ3) is 7.27. The Labute approximate surface area is 212 Å². The minimum atomic E-state index is -4.00. The number of benzene rings is 2. The summed E-state index contributed by atoms with van der Waals surface area (Å²) in [4.78, 5) is 38.8. The van der Waals surface area contributed by atoms with Gasteiger partial charge in [-0.2, -0.15) is 0 Å². The van der Waals surface area contributed by atoms with Crippen LogP contribution < -0.4 is 9.62 Å². The Hall–Kier alpha value is -3.47. The predicted octanol–water partition coefficient (Wildman–Crippen LogP) is 3.31. The molecular weight excluding hydrogens is 484 g/mol. The molecule has 0 aliphatic rings. The number of rotatable bonds is 11. The van der Waals surface area contributed by atoms with Gasteiger partial charge >= 0.3 is 0 Å². The number of hydrogen-bond donors (Lipinski definition) is 1. The molecule has 0 spiro atoms. The van der Waals surface area contributed by atoms with Crippen LogP contribution in [-0.2, 0) is 26.2 Å². The lowest BCUT2D eigenvalue weighted by molar-refractivity contribution is -0.384. The molecule has 2 rings (SSSR count). The number of amides is 2. The Kier molecular flexibility index (Phi) is 9.57. The highest BCUT2D eigenvalue weighted by molar-refractivity contribution is 7.92. The van der Waals surface area contributed by atoms with Gasteiger partial charge in [-0.15, -0.1) is 0 Å². The van der Waals surface area contributed by atoms with Crippen molar-refractivity contribution in [3.05, 3.63) is 69.3 Å². The third-order valence-corrected chi connectivity index (χ3v) is 6.90. The Balaban J connectivity index is 2.55. The fourth-order valence-electron chi connectivity index (χ4n) is 3.85. The summed E-state index contributed by atoms with van der Waals surface area (Å²) in [6, 6.07) is 10.3. The van der Waals surface area contributed by atoms with Gasteiger partial charge in [0.05, 0.1) is 16.9 Å². The van der Waals surface area contributed by atoms with Gasteiger partial charge < -0.3 is 10.2 Å². The van der Waals surface area contributed by atoms with Crippen LogP contribution in [0.1, 0.15) is 43.9 Å². The highest BCUT2D eigenvalue weighted by Gasteiger charge is 2.33. The van der Waals surface area contributed by atoms with E-state index in [9.17, 15) is 28.1 Å². The first-order chi connectivity index (χ1) is 16.8. The molecule has 1 atom stereocenters. The molecule has 0 aromatic heterocycles. The first kappa shape index (κ1) is 28.8. The minimum absolute atomic E-state index is 0.0376. The van der Waals surface area contributed by atoms with Gasteiger partial charge in [0.1, 0.15) is 12.6 Å². The first-order valence-corrected chi connectivity index (χ1v) is 13.5. The van der Waals surface area contributed by atoms with E-state index in [0.29, 0.717) is 12.0 Å². The number of nitro groups is 1. The lowest BCUT2D eigenvalue weighted by Crippen LogP contribution is -2.53. The molecule has 0 aliphatic carbocycles. The average molecular weight is 519 g/mol. The predicted molar refractivity (Wildman–Crippen MR) is 139 cm³/mol. The number of nitro benzene ring substituents is 1. The van der Waals surface area contributed by atoms with Crippen molar-refractivity contribution in [2.75, 3.05) is 17.1 Å². The molecule has 0 bridgehead atoms. The molecule has 0 heterocycles. The number of carbonyl (C=O) groups excluding carboxylic acids is 2. The van der Waals surface area contributed by atoms with E-state index in [1.807, 2.05) is 45.0 Å². The lowest BCUT2D eigenvalue weighted by Gasteiger charge is -2.33. The van der Waals surface area contributed by atoms with Crippen LogP contribution in [0.5, 0.6) is 0 Å². The van der Waals surface area contributed by atoms with E-state index >= 15 is 0 Å². The molecule has 2 amide bonds. The molecule has 11 heteroatoms. The van der Waals surface area contributed by atoms with Crippen LogP contribution in [-0.4, -0.2) is 54.9 Å². The van der Waals surface area contributed by atoms with E-state index in [1.165, 1.54) is 17.0 Å². The fraction of sp³-hybridized carbons (Fsp3) is 0.440. The summed E-state index contributed by atoms with van der Waals surface area (Å²) in [6.45, 7) is 8.39. The van der Waals surface area contributed by atoms with E-state index in [4.69, 9.17) is 0 Å². The van der Waals surface area contributed by atoms with Gasteiger partial charge in [0.25, 0.3) is 5.69 Å². The van der Waals surface area contributed by atoms with Crippen LogP contribution in [0.3, 0.4) is 0 Å². The molecule has 0 saturated carbocycles. The Morgan fingerprint density at radius 3 is 2.25 bits per heavy atom. The van der Waals surface area contributed by atoms with Crippen molar-refractivity contribution in [3.8, 4) is 0 Å². The number of anilines is 1. The molecule has 10 nitrogen and oxygen atoms in total. The second-order valence-corrected chi connectivity index (χ2v) is 10.9. The monoisotopic (exact) mass is 518 g/mol. The molecule has 0 aliphatic heterocycles. The molecule has 0 saturated heterocycles. The Morgan fingerprint density at radius 2 is 1.72 bits per heavy atom. The summed E-state index contributed by atoms with van der Waals surface area (Å²) in [6.07, 6.45) is 1.25. The SMILES string of the molecule is CC[C@@H](C(=O)NC(C)C)N(Cc1ccccc1C)C(=O)CN(c1cc([N+](=O)[O-])ccc1C)S(C)(=O)=O. The quantitative estimate of drug-likeness (QED) is 0.359. The first-order valence-electron chi connectivity index (χ1n) is 11.6. The summed E-state index contributed by atoms with van der Waals surface area (Å²) in [5.41, 5.74) is 1.93. The maximum absolute atomic E-state index is 13.7. The number of nitrogens with zero attached hydrogens (tertiary/aromatic N) is 3. The average Bonchev–Trinajstić information content (AvgIpc) is 2.77. The Bertz CT molecular complexity index is 1230. The van der Waals surface area contributed by atoms with Crippen molar-refractivity contribution in [2.24, 2.45) is 0 Å². The number of sulfonamides is 1. The molecule has 0 radical (unpaired) electrons. The number of non-ortho nitro benzene ring substituents is 1. The topological polar surface area (TPSA) is 130 Å². The number of hydrogen-bond acceptors (Lipinski definition) is 6. The van der Waals surface area contributed by atoms with Crippen LogP contribution >= 0.6 is 0 Å². The second-order valence-electron chi connectivity index (χ2n) is 9.03. The highest BCUT2D eigenvalue weighted by atomic mass is 32.2. The van der Waals surface area contributed by atoms with E-state index in [1.54, 1.807) is 13.8 Å². The van der Waals surface area contributed by atoms with E-state index < -0.39 is 33.4 Å². The normalized spacial score (nSPS) is 12.2. The van der Waals surface area contributed by atoms with Gasteiger partial charge in [0.15, 0.2) is 0 Å². The van der Waals surface area contributed by atoms with Crippen LogP contribution in [0, 0.1) is 24.0 Å². The summed E-state index contributed by atoms with van der Waals surface area (Å²) < 4.78 is 26.4. The number of aryl methyl sites for hydroxylation is 2. The lowest BCUT2D eigenvalue weighted by atomic mass is 10.1. The van der Waals surface area contributed by atoms with Crippen molar-refractivity contribution in [1.82, 2.24) is 10.2 Å². The molecular formula is C25H34N4O6S. The molecule has 196 valence electrons. The van der Waals surface area contributed by atoms with Gasteiger partial charge in [-0.05, 0) is 50.8 Å². The second kappa shape index (κ2) is 12.0. The van der Waals surface area contributed by atoms with Crippen LogP contribution in [0.2, 0.25) is 0 Å². The molecule has 2 aromatic carbocycles. The van der Waals surface area contributed by atoms with Crippen LogP contribution in [0.15, 0.2) is 42.5 Å². The van der Waals surface area contributed by atoms with E-state index in [-0.39, 0.29) is 29.9 Å². The van der Waals surface area contributed by atoms with Crippen molar-refractivity contribution in [3.63, 3.8) is 0 Å². The maximum Gasteiger partial charge on any atom is 0.271 e.